The molecule has 0 aliphatic heterocycles. The first-order chi connectivity index (χ1) is 8.79. The number of carbonyl (C=O) groups is 1. The molecule has 0 bridgehead atoms. The third kappa shape index (κ3) is 8.68. The summed E-state index contributed by atoms with van der Waals surface area (Å²) in [6.45, 7) is 0. The Labute approximate surface area is 112 Å². The average Bonchev–Trinajstić information content (AvgIpc) is 2.34. The molecule has 0 aromatic heterocycles. The molecule has 1 aliphatic carbocycles. The van der Waals surface area contributed by atoms with Crippen LogP contribution in [0.15, 0.2) is 0 Å². The fraction of sp³-hybridized carbons (Fsp3) is 0.938. The largest absolute Gasteiger partial charge is 0.393 e. The van der Waals surface area contributed by atoms with Gasteiger partial charge in [0, 0.05) is 12.8 Å². The molecule has 0 saturated heterocycles. The molecule has 1 aliphatic rings. The Kier molecular flexibility index (Phi) is 9.19. The Morgan fingerprint density at radius 2 is 1.11 bits per heavy atom. The summed E-state index contributed by atoms with van der Waals surface area (Å²) in [5.74, 6) is 0.397. The van der Waals surface area contributed by atoms with Gasteiger partial charge < -0.3 is 5.11 Å². The second-order valence-electron chi connectivity index (χ2n) is 5.81. The molecule has 2 nitrogen and oxygen atoms in total. The fourth-order valence-electron chi connectivity index (χ4n) is 2.74. The summed E-state index contributed by atoms with van der Waals surface area (Å²) in [5, 5.41) is 9.79. The quantitative estimate of drug-likeness (QED) is 0.696. The van der Waals surface area contributed by atoms with E-state index in [1.165, 1.54) is 44.9 Å². The number of carbonyl (C=O) groups excluding carboxylic acids is 1. The molecule has 0 aromatic carbocycles. The zero-order valence-corrected chi connectivity index (χ0v) is 11.8. The maximum Gasteiger partial charge on any atom is 0.132 e. The summed E-state index contributed by atoms with van der Waals surface area (Å²) in [7, 11) is 0. The molecule has 0 spiro atoms. The molecule has 106 valence electrons. The van der Waals surface area contributed by atoms with E-state index in [1.807, 2.05) is 0 Å². The lowest BCUT2D eigenvalue weighted by Crippen LogP contribution is -2.08. The zero-order chi connectivity index (χ0) is 13.1. The van der Waals surface area contributed by atoms with E-state index in [4.69, 9.17) is 0 Å². The molecule has 1 fully saturated rings. The van der Waals surface area contributed by atoms with Crippen molar-refractivity contribution in [3.05, 3.63) is 0 Å². The van der Waals surface area contributed by atoms with Crippen molar-refractivity contribution in [1.29, 1.82) is 0 Å². The number of rotatable bonds is 0. The van der Waals surface area contributed by atoms with Crippen molar-refractivity contribution in [1.82, 2.24) is 0 Å². The Bertz CT molecular complexity index is 213. The standard InChI is InChI=1S/C16H30O2/c17-15-11-8-6-4-2-1-3-5-7-9-12-16(18)14-10-13-15/h15,17H,1-14H2. The van der Waals surface area contributed by atoms with E-state index in [0.29, 0.717) is 12.2 Å². The highest BCUT2D eigenvalue weighted by molar-refractivity contribution is 5.78. The highest BCUT2D eigenvalue weighted by Crippen LogP contribution is 2.15. The third-order valence-electron chi connectivity index (χ3n) is 3.99. The monoisotopic (exact) mass is 254 g/mol. The zero-order valence-electron chi connectivity index (χ0n) is 11.8. The van der Waals surface area contributed by atoms with Crippen molar-refractivity contribution in [3.8, 4) is 0 Å². The van der Waals surface area contributed by atoms with Crippen LogP contribution in [-0.4, -0.2) is 17.0 Å². The van der Waals surface area contributed by atoms with Crippen LogP contribution in [0.1, 0.15) is 89.9 Å². The second kappa shape index (κ2) is 10.5. The van der Waals surface area contributed by atoms with E-state index in [0.717, 1.165) is 38.5 Å². The summed E-state index contributed by atoms with van der Waals surface area (Å²) in [4.78, 5) is 11.6. The number of hydrogen-bond donors (Lipinski definition) is 1. The minimum atomic E-state index is -0.175. The van der Waals surface area contributed by atoms with Crippen LogP contribution in [-0.2, 0) is 4.79 Å². The Balaban J connectivity index is 2.20. The molecule has 1 unspecified atom stereocenters. The number of ketones is 1. The average molecular weight is 254 g/mol. The molecule has 1 rings (SSSR count). The highest BCUT2D eigenvalue weighted by atomic mass is 16.3. The lowest BCUT2D eigenvalue weighted by atomic mass is 9.99. The van der Waals surface area contributed by atoms with Crippen molar-refractivity contribution in [2.75, 3.05) is 0 Å². The molecule has 18 heavy (non-hydrogen) atoms. The van der Waals surface area contributed by atoms with E-state index in [2.05, 4.69) is 0 Å². The Morgan fingerprint density at radius 1 is 0.667 bits per heavy atom. The SMILES string of the molecule is O=C1CCCCCCCCCCCC(O)CCC1. The minimum absolute atomic E-state index is 0.175. The molecule has 1 atom stereocenters. The van der Waals surface area contributed by atoms with Crippen LogP contribution in [0, 0.1) is 0 Å². The molecule has 0 heterocycles. The van der Waals surface area contributed by atoms with Gasteiger partial charge in [0.2, 0.25) is 0 Å². The van der Waals surface area contributed by atoms with Crippen LogP contribution in [0.4, 0.5) is 0 Å². The Morgan fingerprint density at radius 3 is 1.78 bits per heavy atom. The van der Waals surface area contributed by atoms with Crippen LogP contribution in [0.2, 0.25) is 0 Å². The van der Waals surface area contributed by atoms with Crippen LogP contribution < -0.4 is 0 Å². The molecule has 0 amide bonds. The van der Waals surface area contributed by atoms with E-state index >= 15 is 0 Å². The van der Waals surface area contributed by atoms with Gasteiger partial charge in [0.15, 0.2) is 0 Å². The topological polar surface area (TPSA) is 37.3 Å². The first-order valence-electron chi connectivity index (χ1n) is 7.99. The maximum absolute atomic E-state index is 11.6. The van der Waals surface area contributed by atoms with Crippen molar-refractivity contribution < 1.29 is 9.90 Å². The smallest absolute Gasteiger partial charge is 0.132 e. The van der Waals surface area contributed by atoms with Crippen LogP contribution in [0.5, 0.6) is 0 Å². The molecular formula is C16H30O2. The molecule has 0 aromatic rings. The predicted octanol–water partition coefficient (Wildman–Crippen LogP) is 4.39. The number of aliphatic hydroxyl groups is 1. The van der Waals surface area contributed by atoms with Crippen molar-refractivity contribution in [2.45, 2.75) is 96.0 Å². The summed E-state index contributed by atoms with van der Waals surface area (Å²) in [6.07, 6.45) is 15.2. The lowest BCUT2D eigenvalue weighted by Gasteiger charge is -2.10. The second-order valence-corrected chi connectivity index (χ2v) is 5.81. The molecule has 1 saturated carbocycles. The van der Waals surface area contributed by atoms with Gasteiger partial charge in [-0.25, -0.2) is 0 Å². The van der Waals surface area contributed by atoms with E-state index < -0.39 is 0 Å². The molecule has 1 N–H and O–H groups in total. The van der Waals surface area contributed by atoms with Crippen LogP contribution >= 0.6 is 0 Å². The van der Waals surface area contributed by atoms with Crippen LogP contribution in [0.3, 0.4) is 0 Å². The fourth-order valence-corrected chi connectivity index (χ4v) is 2.74. The summed E-state index contributed by atoms with van der Waals surface area (Å²) in [5.41, 5.74) is 0. The van der Waals surface area contributed by atoms with Crippen molar-refractivity contribution in [2.24, 2.45) is 0 Å². The molecular weight excluding hydrogens is 224 g/mol. The van der Waals surface area contributed by atoms with E-state index in [9.17, 15) is 9.90 Å². The van der Waals surface area contributed by atoms with Crippen molar-refractivity contribution >= 4 is 5.78 Å². The van der Waals surface area contributed by atoms with E-state index in [1.54, 1.807) is 0 Å². The summed E-state index contributed by atoms with van der Waals surface area (Å²) >= 11 is 0. The summed E-state index contributed by atoms with van der Waals surface area (Å²) < 4.78 is 0. The van der Waals surface area contributed by atoms with Crippen LogP contribution in [0.25, 0.3) is 0 Å². The third-order valence-corrected chi connectivity index (χ3v) is 3.99. The van der Waals surface area contributed by atoms with Gasteiger partial charge >= 0.3 is 0 Å². The number of aliphatic hydroxyl groups excluding tert-OH is 1. The summed E-state index contributed by atoms with van der Waals surface area (Å²) in [6, 6.07) is 0. The van der Waals surface area contributed by atoms with Gasteiger partial charge in [-0.1, -0.05) is 51.4 Å². The first kappa shape index (κ1) is 15.7. The van der Waals surface area contributed by atoms with E-state index in [-0.39, 0.29) is 6.10 Å². The number of Topliss-reactive ketones (excluding diaryl/α,β-unsaturated/α-hetero) is 1. The maximum atomic E-state index is 11.6. The minimum Gasteiger partial charge on any atom is -0.393 e. The predicted molar refractivity (Wildman–Crippen MR) is 75.7 cm³/mol. The van der Waals surface area contributed by atoms with Gasteiger partial charge in [0.1, 0.15) is 5.78 Å². The Hall–Kier alpha value is -0.370. The van der Waals surface area contributed by atoms with Gasteiger partial charge in [-0.05, 0) is 25.7 Å². The van der Waals surface area contributed by atoms with Gasteiger partial charge in [-0.3, -0.25) is 4.79 Å². The van der Waals surface area contributed by atoms with Gasteiger partial charge in [-0.2, -0.15) is 0 Å². The lowest BCUT2D eigenvalue weighted by molar-refractivity contribution is -0.119. The normalized spacial score (nSPS) is 26.9. The van der Waals surface area contributed by atoms with Gasteiger partial charge in [0.05, 0.1) is 6.10 Å². The molecule has 2 heteroatoms. The number of hydrogen-bond acceptors (Lipinski definition) is 2. The highest BCUT2D eigenvalue weighted by Gasteiger charge is 2.07. The van der Waals surface area contributed by atoms with Gasteiger partial charge in [0.25, 0.3) is 0 Å². The van der Waals surface area contributed by atoms with Gasteiger partial charge in [-0.15, -0.1) is 0 Å². The first-order valence-corrected chi connectivity index (χ1v) is 7.99. The molecule has 0 radical (unpaired) electrons. The van der Waals surface area contributed by atoms with Crippen molar-refractivity contribution in [3.63, 3.8) is 0 Å².